The van der Waals surface area contributed by atoms with Gasteiger partial charge in [0.05, 0.1) is 5.78 Å². The second-order valence-electron chi connectivity index (χ2n) is 1.24. The maximum atomic E-state index is 5.43. The molecule has 0 fully saturated rings. The first-order valence-corrected chi connectivity index (χ1v) is 6.37. The first kappa shape index (κ1) is 8.19. The molecule has 0 rings (SSSR count). The van der Waals surface area contributed by atoms with E-state index in [2.05, 4.69) is 11.8 Å². The summed E-state index contributed by atoms with van der Waals surface area (Å²) in [6.45, 7) is 1.71. The Labute approximate surface area is 57.8 Å². The minimum absolute atomic E-state index is 0.245. The maximum absolute atomic E-state index is 5.43. The van der Waals surface area contributed by atoms with Crippen molar-refractivity contribution in [3.05, 3.63) is 0 Å². The molecule has 1 unspecified atom stereocenters. The summed E-state index contributed by atoms with van der Waals surface area (Å²) >= 11 is 15.5. The van der Waals surface area contributed by atoms with Crippen LogP contribution in [0.2, 0.25) is 0 Å². The zero-order chi connectivity index (χ0) is 6.08. The van der Waals surface area contributed by atoms with Gasteiger partial charge in [-0.2, -0.15) is 0 Å². The van der Waals surface area contributed by atoms with Crippen LogP contribution in [0.1, 0.15) is 6.92 Å². The predicted molar refractivity (Wildman–Crippen MR) is 39.6 cm³/mol. The molecule has 0 bridgehead atoms. The van der Waals surface area contributed by atoms with Gasteiger partial charge in [0, 0.05) is 0 Å². The third-order valence-corrected chi connectivity index (χ3v) is 4.27. The van der Waals surface area contributed by atoms with Crippen molar-refractivity contribution in [3.63, 3.8) is 0 Å². The molecule has 2 N–H and O–H groups in total. The molecule has 44 valence electrons. The molecular formula is C2H6Cl2NPS. The van der Waals surface area contributed by atoms with Gasteiger partial charge in [-0.15, -0.1) is 0 Å². The second kappa shape index (κ2) is 2.65. The molecule has 0 heterocycles. The van der Waals surface area contributed by atoms with Crippen LogP contribution in [0.4, 0.5) is 0 Å². The number of halogens is 2. The van der Waals surface area contributed by atoms with E-state index in [1.165, 1.54) is 0 Å². The quantitative estimate of drug-likeness (QED) is 0.622. The zero-order valence-corrected chi connectivity index (χ0v) is 6.99. The van der Waals surface area contributed by atoms with E-state index in [0.717, 1.165) is 0 Å². The molecule has 0 aromatic carbocycles. The Kier molecular flexibility index (Phi) is 3.10. The van der Waals surface area contributed by atoms with Gasteiger partial charge >= 0.3 is 0 Å². The Balaban J connectivity index is 3.80. The van der Waals surface area contributed by atoms with Crippen LogP contribution >= 0.6 is 27.2 Å². The average molecular weight is 178 g/mol. The summed E-state index contributed by atoms with van der Waals surface area (Å²) in [5.41, 5.74) is 5.25. The van der Waals surface area contributed by atoms with E-state index in [9.17, 15) is 0 Å². The van der Waals surface area contributed by atoms with Gasteiger partial charge in [-0.3, -0.25) is 0 Å². The smallest absolute Gasteiger partial charge is 0.135 e. The lowest BCUT2D eigenvalue weighted by Crippen LogP contribution is -2.09. The standard InChI is InChI=1S/C2H6Cl2NPS/c1-2(5)6(3,4)7/h2H,5H2,1H3. The van der Waals surface area contributed by atoms with E-state index in [1.54, 1.807) is 6.92 Å². The summed E-state index contributed by atoms with van der Waals surface area (Å²) in [7, 11) is 0. The molecule has 0 aromatic heterocycles. The van der Waals surface area contributed by atoms with Crippen molar-refractivity contribution in [3.8, 4) is 0 Å². The van der Waals surface area contributed by atoms with Gasteiger partial charge in [0.15, 0.2) is 0 Å². The third kappa shape index (κ3) is 3.75. The topological polar surface area (TPSA) is 26.0 Å². The Bertz CT molecular complexity index is 97.9. The summed E-state index contributed by atoms with van der Waals surface area (Å²) < 4.78 is -2.18. The van der Waals surface area contributed by atoms with Crippen molar-refractivity contribution < 1.29 is 0 Å². The van der Waals surface area contributed by atoms with E-state index in [4.69, 9.17) is 28.2 Å². The van der Waals surface area contributed by atoms with Crippen LogP contribution in [0.5, 0.6) is 0 Å². The lowest BCUT2D eigenvalue weighted by molar-refractivity contribution is 1.04. The molecule has 0 saturated heterocycles. The maximum Gasteiger partial charge on any atom is 0.135 e. The highest BCUT2D eigenvalue weighted by Crippen LogP contribution is 2.59. The second-order valence-corrected chi connectivity index (χ2v) is 9.71. The van der Waals surface area contributed by atoms with Crippen LogP contribution in [0.15, 0.2) is 0 Å². The van der Waals surface area contributed by atoms with Gasteiger partial charge in [-0.05, 0) is 6.92 Å². The fourth-order valence-electron chi connectivity index (χ4n) is 0. The van der Waals surface area contributed by atoms with Crippen molar-refractivity contribution >= 4 is 39.0 Å². The summed E-state index contributed by atoms with van der Waals surface area (Å²) in [5, 5.41) is 0. The van der Waals surface area contributed by atoms with Gasteiger partial charge in [0.25, 0.3) is 0 Å². The lowest BCUT2D eigenvalue weighted by atomic mass is 10.8. The van der Waals surface area contributed by atoms with E-state index in [1.807, 2.05) is 0 Å². The van der Waals surface area contributed by atoms with Gasteiger partial charge < -0.3 is 5.73 Å². The predicted octanol–water partition coefficient (Wildman–Crippen LogP) is 2.08. The summed E-state index contributed by atoms with van der Waals surface area (Å²) in [6, 6.07) is 0. The number of rotatable bonds is 1. The van der Waals surface area contributed by atoms with Crippen LogP contribution in [0.25, 0.3) is 0 Å². The molecule has 0 spiro atoms. The minimum Gasteiger partial charge on any atom is -0.322 e. The fraction of sp³-hybridized carbons (Fsp3) is 1.00. The van der Waals surface area contributed by atoms with Gasteiger partial charge in [-0.1, -0.05) is 34.3 Å². The van der Waals surface area contributed by atoms with Crippen LogP contribution in [0, 0.1) is 0 Å². The highest BCUT2D eigenvalue weighted by Gasteiger charge is 2.12. The molecule has 5 heteroatoms. The summed E-state index contributed by atoms with van der Waals surface area (Å²) in [6.07, 6.45) is 0. The Hall–Kier alpha value is 1.19. The van der Waals surface area contributed by atoms with Crippen molar-refractivity contribution in [2.24, 2.45) is 5.73 Å². The van der Waals surface area contributed by atoms with Gasteiger partial charge in [0.2, 0.25) is 0 Å². The molecule has 0 saturated carbocycles. The third-order valence-electron chi connectivity index (χ3n) is 0.474. The molecule has 0 amide bonds. The Morgan fingerprint density at radius 3 is 1.86 bits per heavy atom. The van der Waals surface area contributed by atoms with Crippen molar-refractivity contribution in [2.45, 2.75) is 12.7 Å². The minimum atomic E-state index is -2.18. The molecule has 1 nitrogen and oxygen atoms in total. The van der Waals surface area contributed by atoms with Crippen LogP contribution in [0.3, 0.4) is 0 Å². The van der Waals surface area contributed by atoms with E-state index < -0.39 is 4.74 Å². The van der Waals surface area contributed by atoms with Crippen molar-refractivity contribution in [2.75, 3.05) is 0 Å². The van der Waals surface area contributed by atoms with E-state index in [-0.39, 0.29) is 5.78 Å². The first-order valence-electron chi connectivity index (χ1n) is 1.69. The highest BCUT2D eigenvalue weighted by atomic mass is 35.9. The van der Waals surface area contributed by atoms with Crippen LogP contribution in [-0.2, 0) is 11.8 Å². The first-order chi connectivity index (χ1) is 2.94. The molecule has 0 aliphatic carbocycles. The molecule has 1 atom stereocenters. The lowest BCUT2D eigenvalue weighted by Gasteiger charge is -2.06. The Morgan fingerprint density at radius 1 is 1.71 bits per heavy atom. The number of nitrogens with two attached hydrogens (primary N) is 1. The zero-order valence-electron chi connectivity index (χ0n) is 3.77. The van der Waals surface area contributed by atoms with Crippen LogP contribution < -0.4 is 5.73 Å². The van der Waals surface area contributed by atoms with Gasteiger partial charge in [-0.25, -0.2) is 0 Å². The summed E-state index contributed by atoms with van der Waals surface area (Å²) in [5.74, 6) is -0.245. The molecule has 0 radical (unpaired) electrons. The highest BCUT2D eigenvalue weighted by molar-refractivity contribution is 8.39. The van der Waals surface area contributed by atoms with Crippen molar-refractivity contribution in [1.82, 2.24) is 0 Å². The average Bonchev–Trinajstić information content (AvgIpc) is 1.31. The SMILES string of the molecule is CC(N)P(=S)(Cl)Cl. The number of hydrogen-bond donors (Lipinski definition) is 1. The van der Waals surface area contributed by atoms with Crippen molar-refractivity contribution in [1.29, 1.82) is 0 Å². The summed E-state index contributed by atoms with van der Waals surface area (Å²) in [4.78, 5) is 0. The molecule has 0 aliphatic rings. The van der Waals surface area contributed by atoms with E-state index in [0.29, 0.717) is 0 Å². The van der Waals surface area contributed by atoms with Crippen LogP contribution in [-0.4, -0.2) is 5.78 Å². The van der Waals surface area contributed by atoms with Gasteiger partial charge in [0.1, 0.15) is 4.74 Å². The fourth-order valence-corrected chi connectivity index (χ4v) is 0. The van der Waals surface area contributed by atoms with E-state index >= 15 is 0 Å². The normalized spacial score (nSPS) is 16.6. The number of hydrogen-bond acceptors (Lipinski definition) is 2. The molecule has 0 aromatic rings. The molecule has 0 aliphatic heterocycles. The molecular weight excluding hydrogens is 172 g/mol. The monoisotopic (exact) mass is 177 g/mol. The molecule has 7 heavy (non-hydrogen) atoms. The Morgan fingerprint density at radius 2 is 1.86 bits per heavy atom. The largest absolute Gasteiger partial charge is 0.322 e.